The van der Waals surface area contributed by atoms with Gasteiger partial charge in [0.25, 0.3) is 0 Å². The van der Waals surface area contributed by atoms with Crippen molar-refractivity contribution in [2.24, 2.45) is 5.73 Å². The van der Waals surface area contributed by atoms with Gasteiger partial charge in [-0.25, -0.2) is 8.42 Å². The first-order chi connectivity index (χ1) is 9.80. The van der Waals surface area contributed by atoms with Gasteiger partial charge in [0, 0.05) is 12.8 Å². The molecule has 0 bridgehead atoms. The van der Waals surface area contributed by atoms with Gasteiger partial charge >= 0.3 is 0 Å². The largest absolute Gasteiger partial charge is 0.389 e. The molecule has 0 atom stereocenters. The summed E-state index contributed by atoms with van der Waals surface area (Å²) in [5, 5.41) is 11.4. The summed E-state index contributed by atoms with van der Waals surface area (Å²) >= 11 is 5.12. The number of nitrogens with zero attached hydrogens (tertiary/aromatic N) is 2. The quantitative estimate of drug-likeness (QED) is 0.543. The van der Waals surface area contributed by atoms with Crippen LogP contribution in [0.25, 0.3) is 0 Å². The monoisotopic (exact) mass is 330 g/mol. The first-order valence-corrected chi connectivity index (χ1v) is 9.36. The molecule has 1 heterocycles. The summed E-state index contributed by atoms with van der Waals surface area (Å²) in [6, 6.07) is 0. The van der Waals surface area contributed by atoms with Crippen LogP contribution in [0.1, 0.15) is 37.1 Å². The van der Waals surface area contributed by atoms with Crippen LogP contribution >= 0.6 is 12.2 Å². The van der Waals surface area contributed by atoms with E-state index in [-0.39, 0.29) is 10.7 Å². The standard InChI is InChI=1S/C13H22N4O2S2/c1-4-9-10(5-2)16-17-13(11(9)12(14)20)15-7-6-8-21(3,18)19/h4-8H2,1-3H3,(H2,14,20)(H,15,17). The van der Waals surface area contributed by atoms with Gasteiger partial charge in [0.15, 0.2) is 5.82 Å². The van der Waals surface area contributed by atoms with Crippen LogP contribution < -0.4 is 11.1 Å². The summed E-state index contributed by atoms with van der Waals surface area (Å²) in [5.74, 6) is 0.661. The molecule has 1 aromatic rings. The molecule has 0 aliphatic heterocycles. The molecule has 118 valence electrons. The second-order valence-electron chi connectivity index (χ2n) is 4.83. The molecule has 0 spiro atoms. The van der Waals surface area contributed by atoms with Crippen LogP contribution in [0.2, 0.25) is 0 Å². The predicted octanol–water partition coefficient (Wildman–Crippen LogP) is 1.08. The van der Waals surface area contributed by atoms with Gasteiger partial charge < -0.3 is 11.1 Å². The third kappa shape index (κ3) is 5.20. The van der Waals surface area contributed by atoms with Gasteiger partial charge in [-0.3, -0.25) is 0 Å². The molecule has 1 rings (SSSR count). The Morgan fingerprint density at radius 2 is 1.95 bits per heavy atom. The van der Waals surface area contributed by atoms with Gasteiger partial charge in [-0.05, 0) is 24.8 Å². The lowest BCUT2D eigenvalue weighted by atomic mass is 10.0. The molecule has 0 amide bonds. The van der Waals surface area contributed by atoms with E-state index in [0.717, 1.165) is 29.7 Å². The summed E-state index contributed by atoms with van der Waals surface area (Å²) in [6.45, 7) is 4.50. The van der Waals surface area contributed by atoms with Crippen LogP contribution in [-0.2, 0) is 22.7 Å². The maximum Gasteiger partial charge on any atom is 0.159 e. The van der Waals surface area contributed by atoms with E-state index in [1.54, 1.807) is 0 Å². The smallest absolute Gasteiger partial charge is 0.159 e. The third-order valence-corrected chi connectivity index (χ3v) is 4.31. The molecule has 0 unspecified atom stereocenters. The summed E-state index contributed by atoms with van der Waals surface area (Å²) in [7, 11) is -2.96. The van der Waals surface area contributed by atoms with Crippen molar-refractivity contribution in [2.75, 3.05) is 23.9 Å². The lowest BCUT2D eigenvalue weighted by Gasteiger charge is -2.15. The first-order valence-electron chi connectivity index (χ1n) is 6.90. The molecule has 0 saturated heterocycles. The number of thiocarbonyl (C=S) groups is 1. The average molecular weight is 330 g/mol. The first kappa shape index (κ1) is 17.8. The van der Waals surface area contributed by atoms with Crippen molar-refractivity contribution in [3.63, 3.8) is 0 Å². The topological polar surface area (TPSA) is 98.0 Å². The second-order valence-corrected chi connectivity index (χ2v) is 7.53. The molecular weight excluding hydrogens is 308 g/mol. The van der Waals surface area contributed by atoms with Crippen molar-refractivity contribution in [1.82, 2.24) is 10.2 Å². The van der Waals surface area contributed by atoms with Crippen molar-refractivity contribution in [3.05, 3.63) is 16.8 Å². The van der Waals surface area contributed by atoms with E-state index in [0.29, 0.717) is 18.8 Å². The SMILES string of the molecule is CCc1nnc(NCCCS(C)(=O)=O)c(C(N)=S)c1CC. The molecule has 3 N–H and O–H groups in total. The number of nitrogens with two attached hydrogens (primary N) is 1. The number of nitrogens with one attached hydrogen (secondary N) is 1. The minimum atomic E-state index is -2.96. The molecule has 0 aromatic carbocycles. The molecular formula is C13H22N4O2S2. The average Bonchev–Trinajstić information content (AvgIpc) is 2.41. The van der Waals surface area contributed by atoms with E-state index in [1.807, 2.05) is 13.8 Å². The van der Waals surface area contributed by atoms with E-state index in [4.69, 9.17) is 18.0 Å². The van der Waals surface area contributed by atoms with Crippen molar-refractivity contribution in [3.8, 4) is 0 Å². The zero-order valence-electron chi connectivity index (χ0n) is 12.6. The third-order valence-electron chi connectivity index (χ3n) is 3.08. The Balaban J connectivity index is 2.94. The van der Waals surface area contributed by atoms with E-state index >= 15 is 0 Å². The van der Waals surface area contributed by atoms with Crippen LogP contribution in [0.3, 0.4) is 0 Å². The Morgan fingerprint density at radius 1 is 1.29 bits per heavy atom. The Bertz CT molecular complexity index is 615. The van der Waals surface area contributed by atoms with Gasteiger partial charge in [0.2, 0.25) is 0 Å². The molecule has 6 nitrogen and oxygen atoms in total. The maximum atomic E-state index is 11.1. The fourth-order valence-corrected chi connectivity index (χ4v) is 2.99. The van der Waals surface area contributed by atoms with Crippen molar-refractivity contribution in [1.29, 1.82) is 0 Å². The molecule has 0 radical (unpaired) electrons. The zero-order chi connectivity index (χ0) is 16.0. The van der Waals surface area contributed by atoms with Crippen molar-refractivity contribution >= 4 is 32.9 Å². The minimum absolute atomic E-state index is 0.128. The Kier molecular flexibility index (Phi) is 6.47. The van der Waals surface area contributed by atoms with Crippen molar-refractivity contribution in [2.45, 2.75) is 33.1 Å². The van der Waals surface area contributed by atoms with E-state index < -0.39 is 9.84 Å². The lowest BCUT2D eigenvalue weighted by Crippen LogP contribution is -2.20. The molecule has 21 heavy (non-hydrogen) atoms. The number of sulfone groups is 1. The molecule has 0 aliphatic carbocycles. The molecule has 0 aliphatic rings. The van der Waals surface area contributed by atoms with Gasteiger partial charge in [-0.2, -0.15) is 5.10 Å². The predicted molar refractivity (Wildman–Crippen MR) is 89.5 cm³/mol. The number of rotatable bonds is 8. The van der Waals surface area contributed by atoms with Crippen LogP contribution in [0.4, 0.5) is 5.82 Å². The lowest BCUT2D eigenvalue weighted by molar-refractivity contribution is 0.600. The highest BCUT2D eigenvalue weighted by Gasteiger charge is 2.16. The van der Waals surface area contributed by atoms with Gasteiger partial charge in [-0.15, -0.1) is 5.10 Å². The van der Waals surface area contributed by atoms with Crippen LogP contribution in [0.5, 0.6) is 0 Å². The highest BCUT2D eigenvalue weighted by atomic mass is 32.2. The normalized spacial score (nSPS) is 11.4. The van der Waals surface area contributed by atoms with Gasteiger partial charge in [-0.1, -0.05) is 26.1 Å². The summed E-state index contributed by atoms with van der Waals surface area (Å²) in [5.41, 5.74) is 8.43. The van der Waals surface area contributed by atoms with Gasteiger partial charge in [0.05, 0.1) is 17.0 Å². The van der Waals surface area contributed by atoms with Crippen LogP contribution in [0.15, 0.2) is 0 Å². The molecule has 8 heteroatoms. The fourth-order valence-electron chi connectivity index (χ4n) is 2.10. The Labute approximate surface area is 131 Å². The van der Waals surface area contributed by atoms with E-state index in [1.165, 1.54) is 6.26 Å². The number of hydrogen-bond acceptors (Lipinski definition) is 6. The zero-order valence-corrected chi connectivity index (χ0v) is 14.3. The number of anilines is 1. The molecule has 0 saturated carbocycles. The van der Waals surface area contributed by atoms with E-state index in [2.05, 4.69) is 15.5 Å². The van der Waals surface area contributed by atoms with Crippen LogP contribution in [0, 0.1) is 0 Å². The highest BCUT2D eigenvalue weighted by Crippen LogP contribution is 2.20. The van der Waals surface area contributed by atoms with E-state index in [9.17, 15) is 8.42 Å². The fraction of sp³-hybridized carbons (Fsp3) is 0.615. The summed E-state index contributed by atoms with van der Waals surface area (Å²) in [6.07, 6.45) is 3.25. The summed E-state index contributed by atoms with van der Waals surface area (Å²) < 4.78 is 22.2. The highest BCUT2D eigenvalue weighted by molar-refractivity contribution is 7.90. The summed E-state index contributed by atoms with van der Waals surface area (Å²) in [4.78, 5) is 0.280. The minimum Gasteiger partial charge on any atom is -0.389 e. The Morgan fingerprint density at radius 3 is 2.43 bits per heavy atom. The molecule has 1 aromatic heterocycles. The van der Waals surface area contributed by atoms with Crippen molar-refractivity contribution < 1.29 is 8.42 Å². The number of hydrogen-bond donors (Lipinski definition) is 2. The van der Waals surface area contributed by atoms with Crippen LogP contribution in [-0.4, -0.2) is 42.2 Å². The second kappa shape index (κ2) is 7.65. The maximum absolute atomic E-state index is 11.1. The number of aromatic nitrogens is 2. The van der Waals surface area contributed by atoms with Gasteiger partial charge in [0.1, 0.15) is 14.8 Å². The Hall–Kier alpha value is -1.28. The number of aryl methyl sites for hydroxylation is 1. The molecule has 0 fully saturated rings.